The molecule has 5 heteroatoms. The lowest BCUT2D eigenvalue weighted by atomic mass is 10.1. The van der Waals surface area contributed by atoms with Gasteiger partial charge in [0.25, 0.3) is 0 Å². The first kappa shape index (κ1) is 14.6. The molecule has 1 aromatic heterocycles. The van der Waals surface area contributed by atoms with Gasteiger partial charge in [0.15, 0.2) is 5.76 Å². The van der Waals surface area contributed by atoms with Crippen molar-refractivity contribution < 1.29 is 4.42 Å². The molecule has 3 rings (SSSR count). The fourth-order valence-corrected chi connectivity index (χ4v) is 3.04. The maximum Gasteiger partial charge on any atom is 0.209 e. The van der Waals surface area contributed by atoms with E-state index >= 15 is 0 Å². The van der Waals surface area contributed by atoms with Crippen molar-refractivity contribution in [3.8, 4) is 11.3 Å². The average Bonchev–Trinajstić information content (AvgIpc) is 3.08. The molecule has 0 amide bonds. The van der Waals surface area contributed by atoms with E-state index < -0.39 is 0 Å². The van der Waals surface area contributed by atoms with Gasteiger partial charge in [-0.3, -0.25) is 4.90 Å². The van der Waals surface area contributed by atoms with Gasteiger partial charge in [0.1, 0.15) is 0 Å². The number of hydrogen-bond donors (Lipinski definition) is 1. The minimum Gasteiger partial charge on any atom is -0.439 e. The predicted octanol–water partition coefficient (Wildman–Crippen LogP) is 3.16. The number of rotatable bonds is 4. The van der Waals surface area contributed by atoms with Gasteiger partial charge >= 0.3 is 0 Å². The third-order valence-electron chi connectivity index (χ3n) is 4.14. The van der Waals surface area contributed by atoms with Crippen LogP contribution in [0.5, 0.6) is 0 Å². The smallest absolute Gasteiger partial charge is 0.209 e. The highest BCUT2D eigenvalue weighted by Crippen LogP contribution is 2.26. The number of likely N-dealkylation sites (tertiary alicyclic amines) is 1. The van der Waals surface area contributed by atoms with E-state index in [0.29, 0.717) is 12.0 Å². The molecule has 1 aromatic carbocycles. The second-order valence-electron chi connectivity index (χ2n) is 5.74. The van der Waals surface area contributed by atoms with E-state index in [1.54, 1.807) is 6.20 Å². The van der Waals surface area contributed by atoms with Crippen molar-refractivity contribution in [2.45, 2.75) is 25.9 Å². The van der Waals surface area contributed by atoms with Gasteiger partial charge in [0.05, 0.1) is 12.7 Å². The number of nitrogens with zero attached hydrogens (tertiary/aromatic N) is 2. The van der Waals surface area contributed by atoms with E-state index in [4.69, 9.17) is 21.8 Å². The minimum absolute atomic E-state index is 0.532. The van der Waals surface area contributed by atoms with Crippen LogP contribution in [0.2, 0.25) is 5.02 Å². The van der Waals surface area contributed by atoms with Gasteiger partial charge in [-0.2, -0.15) is 0 Å². The lowest BCUT2D eigenvalue weighted by molar-refractivity contribution is 0.231. The second kappa shape index (κ2) is 6.18. The highest BCUT2D eigenvalue weighted by molar-refractivity contribution is 6.30. The van der Waals surface area contributed by atoms with Crippen molar-refractivity contribution >= 4 is 11.6 Å². The Hall–Kier alpha value is -1.36. The van der Waals surface area contributed by atoms with Crippen LogP contribution in [0.3, 0.4) is 0 Å². The zero-order valence-electron chi connectivity index (χ0n) is 12.1. The molecular weight excluding hydrogens is 286 g/mol. The first-order chi connectivity index (χ1) is 10.2. The summed E-state index contributed by atoms with van der Waals surface area (Å²) in [5, 5.41) is 0.720. The van der Waals surface area contributed by atoms with Crippen LogP contribution in [0.15, 0.2) is 34.9 Å². The van der Waals surface area contributed by atoms with E-state index in [1.165, 1.54) is 0 Å². The lowest BCUT2D eigenvalue weighted by Gasteiger charge is -2.18. The van der Waals surface area contributed by atoms with E-state index in [0.717, 1.165) is 48.3 Å². The zero-order chi connectivity index (χ0) is 14.8. The Bertz CT molecular complexity index is 596. The Kier molecular flexibility index (Phi) is 4.29. The third-order valence-corrected chi connectivity index (χ3v) is 4.40. The van der Waals surface area contributed by atoms with Gasteiger partial charge in [-0.05, 0) is 50.1 Å². The van der Waals surface area contributed by atoms with Crippen LogP contribution in [0.4, 0.5) is 0 Å². The molecule has 1 fully saturated rings. The standard InChI is InChI=1S/C16H20ClN3O/c1-11-6-12(7-18)9-20(11)10-16-19-8-15(21-16)13-2-4-14(17)5-3-13/h2-5,8,11-12H,6-7,9-10,18H2,1H3. The van der Waals surface area contributed by atoms with Crippen LogP contribution in [0, 0.1) is 5.92 Å². The first-order valence-electron chi connectivity index (χ1n) is 7.30. The maximum atomic E-state index is 5.90. The van der Waals surface area contributed by atoms with Crippen LogP contribution in [0.1, 0.15) is 19.2 Å². The molecule has 4 nitrogen and oxygen atoms in total. The van der Waals surface area contributed by atoms with Gasteiger partial charge in [-0.25, -0.2) is 4.98 Å². The maximum absolute atomic E-state index is 5.90. The van der Waals surface area contributed by atoms with Crippen molar-refractivity contribution in [2.75, 3.05) is 13.1 Å². The van der Waals surface area contributed by atoms with Gasteiger partial charge in [-0.15, -0.1) is 0 Å². The molecule has 0 radical (unpaired) electrons. The largest absolute Gasteiger partial charge is 0.439 e. The minimum atomic E-state index is 0.532. The molecule has 2 N–H and O–H groups in total. The summed E-state index contributed by atoms with van der Waals surface area (Å²) in [5.74, 6) is 2.12. The van der Waals surface area contributed by atoms with Crippen molar-refractivity contribution in [3.63, 3.8) is 0 Å². The molecule has 0 spiro atoms. The molecule has 2 heterocycles. The van der Waals surface area contributed by atoms with Crippen LogP contribution in [0.25, 0.3) is 11.3 Å². The number of nitrogens with two attached hydrogens (primary N) is 1. The monoisotopic (exact) mass is 305 g/mol. The third kappa shape index (κ3) is 3.28. The summed E-state index contributed by atoms with van der Waals surface area (Å²) in [7, 11) is 0. The van der Waals surface area contributed by atoms with Crippen molar-refractivity contribution in [1.82, 2.24) is 9.88 Å². The molecule has 1 aliphatic rings. The van der Waals surface area contributed by atoms with Gasteiger partial charge in [0, 0.05) is 23.2 Å². The molecule has 2 aromatic rings. The summed E-state index contributed by atoms with van der Waals surface area (Å²) in [4.78, 5) is 6.78. The Balaban J connectivity index is 1.69. The number of aromatic nitrogens is 1. The van der Waals surface area contributed by atoms with E-state index in [1.807, 2.05) is 24.3 Å². The molecular formula is C16H20ClN3O. The van der Waals surface area contributed by atoms with Gasteiger partial charge in [-0.1, -0.05) is 11.6 Å². The normalized spacial score (nSPS) is 22.8. The number of oxazole rings is 1. The van der Waals surface area contributed by atoms with Crippen LogP contribution in [-0.4, -0.2) is 29.0 Å². The second-order valence-corrected chi connectivity index (χ2v) is 6.18. The summed E-state index contributed by atoms with van der Waals surface area (Å²) < 4.78 is 5.86. The zero-order valence-corrected chi connectivity index (χ0v) is 12.9. The van der Waals surface area contributed by atoms with E-state index in [-0.39, 0.29) is 0 Å². The van der Waals surface area contributed by atoms with Crippen molar-refractivity contribution in [1.29, 1.82) is 0 Å². The number of hydrogen-bond acceptors (Lipinski definition) is 4. The summed E-state index contributed by atoms with van der Waals surface area (Å²) in [6, 6.07) is 8.12. The van der Waals surface area contributed by atoms with Crippen molar-refractivity contribution in [2.24, 2.45) is 11.7 Å². The first-order valence-corrected chi connectivity index (χ1v) is 7.68. The van der Waals surface area contributed by atoms with Gasteiger partial charge < -0.3 is 10.2 Å². The Morgan fingerprint density at radius 2 is 2.14 bits per heavy atom. The van der Waals surface area contributed by atoms with E-state index in [2.05, 4.69) is 16.8 Å². The van der Waals surface area contributed by atoms with Crippen LogP contribution >= 0.6 is 11.6 Å². The summed E-state index contributed by atoms with van der Waals surface area (Å²) in [5.41, 5.74) is 6.76. The number of benzene rings is 1. The molecule has 0 saturated carbocycles. The van der Waals surface area contributed by atoms with Crippen LogP contribution < -0.4 is 5.73 Å². The predicted molar refractivity (Wildman–Crippen MR) is 84.0 cm³/mol. The Morgan fingerprint density at radius 1 is 1.38 bits per heavy atom. The molecule has 1 saturated heterocycles. The number of halogens is 1. The molecule has 2 atom stereocenters. The van der Waals surface area contributed by atoms with Gasteiger partial charge in [0.2, 0.25) is 5.89 Å². The molecule has 21 heavy (non-hydrogen) atoms. The topological polar surface area (TPSA) is 55.3 Å². The molecule has 0 aliphatic carbocycles. The highest BCUT2D eigenvalue weighted by atomic mass is 35.5. The average molecular weight is 306 g/mol. The van der Waals surface area contributed by atoms with Crippen LogP contribution in [-0.2, 0) is 6.54 Å². The SMILES string of the molecule is CC1CC(CN)CN1Cc1ncc(-c2ccc(Cl)cc2)o1. The van der Waals surface area contributed by atoms with E-state index in [9.17, 15) is 0 Å². The fraction of sp³-hybridized carbons (Fsp3) is 0.438. The quantitative estimate of drug-likeness (QED) is 0.942. The highest BCUT2D eigenvalue weighted by Gasteiger charge is 2.28. The lowest BCUT2D eigenvalue weighted by Crippen LogP contribution is -2.27. The Labute approximate surface area is 129 Å². The summed E-state index contributed by atoms with van der Waals surface area (Å²) in [6.07, 6.45) is 2.93. The van der Waals surface area contributed by atoms with Crippen molar-refractivity contribution in [3.05, 3.63) is 41.4 Å². The molecule has 2 unspecified atom stereocenters. The molecule has 1 aliphatic heterocycles. The Morgan fingerprint density at radius 3 is 2.81 bits per heavy atom. The molecule has 0 bridgehead atoms. The summed E-state index contributed by atoms with van der Waals surface area (Å²) in [6.45, 7) is 4.75. The fourth-order valence-electron chi connectivity index (χ4n) is 2.91. The summed E-state index contributed by atoms with van der Waals surface area (Å²) >= 11 is 5.90. The molecule has 112 valence electrons.